The number of rotatable bonds is 3. The second kappa shape index (κ2) is 6.18. The van der Waals surface area contributed by atoms with Crippen molar-refractivity contribution in [1.82, 2.24) is 4.90 Å². The van der Waals surface area contributed by atoms with E-state index in [1.54, 1.807) is 0 Å². The predicted molar refractivity (Wildman–Crippen MR) is 70.3 cm³/mol. The van der Waals surface area contributed by atoms with Gasteiger partial charge in [-0.25, -0.2) is 4.79 Å². The monoisotopic (exact) mass is 268 g/mol. The van der Waals surface area contributed by atoms with Gasteiger partial charge in [0, 0.05) is 36.3 Å². The summed E-state index contributed by atoms with van der Waals surface area (Å²) in [4.78, 5) is 13.1. The normalized spacial score (nSPS) is 19.4. The number of nitrogens with zero attached hydrogens (tertiary/aromatic N) is 1. The second-order valence-corrected chi connectivity index (χ2v) is 4.80. The Morgan fingerprint density at radius 1 is 1.33 bits per heavy atom. The van der Waals surface area contributed by atoms with Gasteiger partial charge in [0.1, 0.15) is 0 Å². The molecule has 0 saturated carbocycles. The molecule has 0 spiro atoms. The number of carbonyl (C=O) groups excluding carboxylic acids is 1. The highest BCUT2D eigenvalue weighted by Crippen LogP contribution is 2.26. The van der Waals surface area contributed by atoms with Gasteiger partial charge in [0.05, 0.1) is 0 Å². The Balaban J connectivity index is 2.12. The fourth-order valence-corrected chi connectivity index (χ4v) is 2.30. The summed E-state index contributed by atoms with van der Waals surface area (Å²) >= 11 is 5.36. The average molecular weight is 269 g/mol. The summed E-state index contributed by atoms with van der Waals surface area (Å²) in [6.07, 6.45) is 1.40. The molecule has 2 rings (SSSR count). The third-order valence-corrected chi connectivity index (χ3v) is 3.28. The maximum atomic E-state index is 11.0. The van der Waals surface area contributed by atoms with Gasteiger partial charge in [-0.05, 0) is 12.8 Å². The molecule has 1 unspecified atom stereocenters. The van der Waals surface area contributed by atoms with E-state index in [-0.39, 0.29) is 6.04 Å². The summed E-state index contributed by atoms with van der Waals surface area (Å²) in [5.74, 6) is 0. The Morgan fingerprint density at radius 2 is 1.94 bits per heavy atom. The number of halogens is 1. The Bertz CT molecular complexity index is 391. The largest absolute Gasteiger partial charge is 0.430 e. The van der Waals surface area contributed by atoms with E-state index in [4.69, 9.17) is 22.1 Å². The number of benzene rings is 1. The SMILES string of the molecule is NC1CCN(C(OC(=O)Cl)c2ccccc2)CC1. The Kier molecular flexibility index (Phi) is 4.58. The zero-order chi connectivity index (χ0) is 13.0. The Morgan fingerprint density at radius 3 is 2.50 bits per heavy atom. The van der Waals surface area contributed by atoms with Crippen LogP contribution in [0.25, 0.3) is 0 Å². The molecule has 1 aromatic carbocycles. The molecular formula is C13H17ClN2O2. The minimum Gasteiger partial charge on any atom is -0.430 e. The van der Waals surface area contributed by atoms with Crippen molar-refractivity contribution >= 4 is 17.0 Å². The van der Waals surface area contributed by atoms with Gasteiger partial charge in [-0.2, -0.15) is 0 Å². The third-order valence-electron chi connectivity index (χ3n) is 3.19. The van der Waals surface area contributed by atoms with Crippen LogP contribution in [-0.4, -0.2) is 29.5 Å². The number of ether oxygens (including phenoxy) is 1. The summed E-state index contributed by atoms with van der Waals surface area (Å²) < 4.78 is 5.22. The van der Waals surface area contributed by atoms with E-state index in [9.17, 15) is 4.79 Å². The van der Waals surface area contributed by atoms with E-state index in [1.807, 2.05) is 30.3 Å². The van der Waals surface area contributed by atoms with Crippen LogP contribution in [0.4, 0.5) is 4.79 Å². The fraction of sp³-hybridized carbons (Fsp3) is 0.462. The van der Waals surface area contributed by atoms with E-state index in [0.29, 0.717) is 0 Å². The standard InChI is InChI=1S/C13H17ClN2O2/c14-13(17)18-12(10-4-2-1-3-5-10)16-8-6-11(15)7-9-16/h1-5,11-12H,6-9,15H2. The average Bonchev–Trinajstić information content (AvgIpc) is 2.38. The number of carbonyl (C=O) groups is 1. The van der Waals surface area contributed by atoms with Gasteiger partial charge in [0.2, 0.25) is 0 Å². The molecule has 4 nitrogen and oxygen atoms in total. The van der Waals surface area contributed by atoms with Crippen LogP contribution in [0, 0.1) is 0 Å². The molecule has 1 atom stereocenters. The van der Waals surface area contributed by atoms with Crippen molar-refractivity contribution < 1.29 is 9.53 Å². The smallest absolute Gasteiger partial charge is 0.405 e. The lowest BCUT2D eigenvalue weighted by molar-refractivity contribution is -0.0171. The van der Waals surface area contributed by atoms with Gasteiger partial charge in [-0.1, -0.05) is 30.3 Å². The van der Waals surface area contributed by atoms with Crippen LogP contribution >= 0.6 is 11.6 Å². The molecule has 0 amide bonds. The molecule has 98 valence electrons. The Hall–Kier alpha value is -1.10. The van der Waals surface area contributed by atoms with Crippen molar-refractivity contribution in [2.24, 2.45) is 5.73 Å². The highest BCUT2D eigenvalue weighted by atomic mass is 35.5. The highest BCUT2D eigenvalue weighted by Gasteiger charge is 2.27. The van der Waals surface area contributed by atoms with Crippen molar-refractivity contribution in [2.75, 3.05) is 13.1 Å². The van der Waals surface area contributed by atoms with Gasteiger partial charge in [-0.3, -0.25) is 4.90 Å². The molecule has 1 heterocycles. The molecular weight excluding hydrogens is 252 g/mol. The molecule has 0 radical (unpaired) electrons. The van der Waals surface area contributed by atoms with E-state index in [2.05, 4.69) is 4.90 Å². The molecule has 18 heavy (non-hydrogen) atoms. The fourth-order valence-electron chi connectivity index (χ4n) is 2.21. The lowest BCUT2D eigenvalue weighted by atomic mass is 10.0. The van der Waals surface area contributed by atoms with Crippen molar-refractivity contribution in [3.63, 3.8) is 0 Å². The first-order chi connectivity index (χ1) is 8.66. The quantitative estimate of drug-likeness (QED) is 0.856. The molecule has 1 aromatic rings. The minimum absolute atomic E-state index is 0.240. The first kappa shape index (κ1) is 13.3. The number of nitrogens with two attached hydrogens (primary N) is 1. The number of hydrogen-bond donors (Lipinski definition) is 1. The zero-order valence-electron chi connectivity index (χ0n) is 10.1. The highest BCUT2D eigenvalue weighted by molar-refractivity contribution is 6.61. The van der Waals surface area contributed by atoms with Crippen LogP contribution in [0.3, 0.4) is 0 Å². The molecule has 2 N–H and O–H groups in total. The van der Waals surface area contributed by atoms with Crippen molar-refractivity contribution in [3.05, 3.63) is 35.9 Å². The van der Waals surface area contributed by atoms with Crippen LogP contribution in [0.1, 0.15) is 24.6 Å². The van der Waals surface area contributed by atoms with Gasteiger partial charge in [-0.15, -0.1) is 0 Å². The molecule has 1 fully saturated rings. The number of hydrogen-bond acceptors (Lipinski definition) is 4. The third kappa shape index (κ3) is 3.45. The zero-order valence-corrected chi connectivity index (χ0v) is 10.8. The van der Waals surface area contributed by atoms with E-state index < -0.39 is 11.7 Å². The lowest BCUT2D eigenvalue weighted by Crippen LogP contribution is -2.42. The predicted octanol–water partition coefficient (Wildman–Crippen LogP) is 2.48. The first-order valence-corrected chi connectivity index (χ1v) is 6.45. The summed E-state index contributed by atoms with van der Waals surface area (Å²) in [6, 6.07) is 9.86. The van der Waals surface area contributed by atoms with Crippen molar-refractivity contribution in [2.45, 2.75) is 25.1 Å². The van der Waals surface area contributed by atoms with Gasteiger partial charge in [0.15, 0.2) is 6.23 Å². The van der Waals surface area contributed by atoms with Crippen LogP contribution in [0.15, 0.2) is 30.3 Å². The molecule has 1 aliphatic heterocycles. The van der Waals surface area contributed by atoms with Crippen LogP contribution in [-0.2, 0) is 4.74 Å². The van der Waals surface area contributed by atoms with Crippen LogP contribution < -0.4 is 5.73 Å². The summed E-state index contributed by atoms with van der Waals surface area (Å²) in [5, 5.41) is 0. The molecule has 5 heteroatoms. The van der Waals surface area contributed by atoms with Crippen molar-refractivity contribution in [3.8, 4) is 0 Å². The van der Waals surface area contributed by atoms with E-state index in [1.165, 1.54) is 0 Å². The van der Waals surface area contributed by atoms with Gasteiger partial charge in [0.25, 0.3) is 0 Å². The van der Waals surface area contributed by atoms with E-state index in [0.717, 1.165) is 31.5 Å². The molecule has 0 bridgehead atoms. The lowest BCUT2D eigenvalue weighted by Gasteiger charge is -2.35. The maximum absolute atomic E-state index is 11.0. The molecule has 1 aliphatic rings. The van der Waals surface area contributed by atoms with E-state index >= 15 is 0 Å². The topological polar surface area (TPSA) is 55.6 Å². The minimum atomic E-state index is -0.779. The number of piperidine rings is 1. The molecule has 0 aliphatic carbocycles. The number of likely N-dealkylation sites (tertiary alicyclic amines) is 1. The molecule has 0 aromatic heterocycles. The van der Waals surface area contributed by atoms with Crippen LogP contribution in [0.5, 0.6) is 0 Å². The summed E-state index contributed by atoms with van der Waals surface area (Å²) in [7, 11) is 0. The second-order valence-electron chi connectivity index (χ2n) is 4.49. The van der Waals surface area contributed by atoms with Gasteiger partial charge >= 0.3 is 5.43 Å². The maximum Gasteiger partial charge on any atom is 0.405 e. The summed E-state index contributed by atoms with van der Waals surface area (Å²) in [6.45, 7) is 1.62. The van der Waals surface area contributed by atoms with Crippen LogP contribution in [0.2, 0.25) is 0 Å². The first-order valence-electron chi connectivity index (χ1n) is 6.07. The molecule has 1 saturated heterocycles. The van der Waals surface area contributed by atoms with Crippen molar-refractivity contribution in [1.29, 1.82) is 0 Å². The Labute approximate surface area is 112 Å². The summed E-state index contributed by atoms with van der Waals surface area (Å²) in [5.41, 5.74) is 6.03. The van der Waals surface area contributed by atoms with Gasteiger partial charge < -0.3 is 10.5 Å².